The normalized spacial score (nSPS) is 22.1. The van der Waals surface area contributed by atoms with Crippen molar-refractivity contribution < 1.29 is 9.53 Å². The maximum Gasteiger partial charge on any atom is 0.255 e. The van der Waals surface area contributed by atoms with E-state index in [4.69, 9.17) is 10.5 Å². The predicted molar refractivity (Wildman–Crippen MR) is 96.3 cm³/mol. The second-order valence-electron chi connectivity index (χ2n) is 5.96. The number of nitrogens with one attached hydrogen (secondary N) is 1. The molecule has 4 rings (SSSR count). The number of thioether (sulfide) groups is 1. The number of amides is 1. The summed E-state index contributed by atoms with van der Waals surface area (Å²) in [6, 6.07) is 15.1. The number of carbonyl (C=O) groups excluding carboxylic acids is 1. The summed E-state index contributed by atoms with van der Waals surface area (Å²) in [5, 5.41) is 3.55. The molecule has 0 aliphatic carbocycles. The first-order valence-corrected chi connectivity index (χ1v) is 8.71. The van der Waals surface area contributed by atoms with Gasteiger partial charge in [0.25, 0.3) is 5.91 Å². The van der Waals surface area contributed by atoms with Crippen LogP contribution in [0.25, 0.3) is 0 Å². The van der Waals surface area contributed by atoms with E-state index in [1.54, 1.807) is 23.9 Å². The van der Waals surface area contributed by atoms with E-state index in [9.17, 15) is 4.79 Å². The number of hydrogen-bond acceptors (Lipinski definition) is 5. The van der Waals surface area contributed by atoms with Crippen molar-refractivity contribution in [2.45, 2.75) is 12.1 Å². The molecule has 1 spiro atoms. The molecule has 0 bridgehead atoms. The fourth-order valence-electron chi connectivity index (χ4n) is 3.09. The van der Waals surface area contributed by atoms with Crippen molar-refractivity contribution in [3.63, 3.8) is 0 Å². The third-order valence-corrected chi connectivity index (χ3v) is 5.30. The molecule has 0 saturated heterocycles. The molecule has 1 atom stereocenters. The van der Waals surface area contributed by atoms with E-state index < -0.39 is 5.54 Å². The Labute approximate surface area is 144 Å². The number of fused-ring (bicyclic) bond motifs is 2. The lowest BCUT2D eigenvalue weighted by Gasteiger charge is -2.32. The van der Waals surface area contributed by atoms with Crippen LogP contribution < -0.4 is 11.1 Å². The lowest BCUT2D eigenvalue weighted by Crippen LogP contribution is -2.35. The number of carbonyl (C=O) groups is 1. The van der Waals surface area contributed by atoms with Crippen LogP contribution in [0.5, 0.6) is 0 Å². The first-order chi connectivity index (χ1) is 11.7. The van der Waals surface area contributed by atoms with E-state index in [-0.39, 0.29) is 5.91 Å². The van der Waals surface area contributed by atoms with Crippen LogP contribution in [-0.4, -0.2) is 23.4 Å². The summed E-state index contributed by atoms with van der Waals surface area (Å²) >= 11 is 1.54. The van der Waals surface area contributed by atoms with Gasteiger partial charge >= 0.3 is 0 Å². The Morgan fingerprint density at radius 3 is 2.83 bits per heavy atom. The second-order valence-corrected chi connectivity index (χ2v) is 6.95. The summed E-state index contributed by atoms with van der Waals surface area (Å²) in [5.74, 6) is 0.641. The third kappa shape index (κ3) is 2.68. The van der Waals surface area contributed by atoms with Crippen LogP contribution in [0.15, 0.2) is 53.5 Å². The van der Waals surface area contributed by atoms with Crippen LogP contribution in [0.4, 0.5) is 5.69 Å². The van der Waals surface area contributed by atoms with Crippen LogP contribution in [0.3, 0.4) is 0 Å². The van der Waals surface area contributed by atoms with Gasteiger partial charge in [0.15, 0.2) is 5.17 Å². The molecule has 6 heteroatoms. The monoisotopic (exact) mass is 339 g/mol. The molecule has 2 aliphatic rings. The average Bonchev–Trinajstić information content (AvgIpc) is 2.98. The Morgan fingerprint density at radius 2 is 2.08 bits per heavy atom. The van der Waals surface area contributed by atoms with Gasteiger partial charge in [-0.05, 0) is 35.4 Å². The minimum atomic E-state index is -0.435. The maximum absolute atomic E-state index is 12.4. The summed E-state index contributed by atoms with van der Waals surface area (Å²) < 4.78 is 5.71. The highest BCUT2D eigenvalue weighted by Crippen LogP contribution is 2.41. The number of anilines is 1. The molecule has 3 N–H and O–H groups in total. The molecule has 1 amide bonds. The van der Waals surface area contributed by atoms with E-state index in [2.05, 4.69) is 10.3 Å². The van der Waals surface area contributed by atoms with Crippen LogP contribution >= 0.6 is 11.8 Å². The van der Waals surface area contributed by atoms with Crippen molar-refractivity contribution in [1.82, 2.24) is 0 Å². The van der Waals surface area contributed by atoms with Gasteiger partial charge in [-0.3, -0.25) is 4.79 Å². The molecule has 2 aromatic carbocycles. The smallest absolute Gasteiger partial charge is 0.255 e. The molecule has 2 heterocycles. The zero-order chi connectivity index (χ0) is 16.6. The van der Waals surface area contributed by atoms with Gasteiger partial charge in [0.05, 0.1) is 13.2 Å². The Bertz CT molecular complexity index is 822. The SMILES string of the molecule is NC1=NC2(COCc3ccc(NC(=O)c4ccccc4)cc32)CS1. The third-order valence-electron chi connectivity index (χ3n) is 4.29. The molecule has 0 fully saturated rings. The van der Waals surface area contributed by atoms with Gasteiger partial charge in [0, 0.05) is 17.0 Å². The summed E-state index contributed by atoms with van der Waals surface area (Å²) in [4.78, 5) is 17.0. The van der Waals surface area contributed by atoms with Crippen LogP contribution in [0.1, 0.15) is 21.5 Å². The number of rotatable bonds is 2. The van der Waals surface area contributed by atoms with E-state index in [0.29, 0.717) is 23.9 Å². The fourth-order valence-corrected chi connectivity index (χ4v) is 4.02. The molecule has 1 unspecified atom stereocenters. The molecule has 122 valence electrons. The Hall–Kier alpha value is -2.31. The molecule has 24 heavy (non-hydrogen) atoms. The zero-order valence-corrected chi connectivity index (χ0v) is 13.8. The van der Waals surface area contributed by atoms with E-state index in [1.165, 1.54) is 0 Å². The molecule has 0 aromatic heterocycles. The molecule has 0 radical (unpaired) electrons. The van der Waals surface area contributed by atoms with Crippen molar-refractivity contribution in [2.24, 2.45) is 10.7 Å². The highest BCUT2D eigenvalue weighted by atomic mass is 32.2. The van der Waals surface area contributed by atoms with E-state index in [0.717, 1.165) is 22.6 Å². The Morgan fingerprint density at radius 1 is 1.25 bits per heavy atom. The molecule has 2 aliphatic heterocycles. The van der Waals surface area contributed by atoms with Gasteiger partial charge in [-0.25, -0.2) is 4.99 Å². The first-order valence-electron chi connectivity index (χ1n) is 7.72. The first kappa shape index (κ1) is 15.2. The van der Waals surface area contributed by atoms with Gasteiger partial charge in [0.2, 0.25) is 0 Å². The second kappa shape index (κ2) is 5.96. The molecule has 0 saturated carbocycles. The lowest BCUT2D eigenvalue weighted by molar-refractivity contribution is 0.0634. The summed E-state index contributed by atoms with van der Waals surface area (Å²) in [7, 11) is 0. The van der Waals surface area contributed by atoms with Crippen molar-refractivity contribution in [2.75, 3.05) is 17.7 Å². The van der Waals surface area contributed by atoms with E-state index >= 15 is 0 Å². The summed E-state index contributed by atoms with van der Waals surface area (Å²) in [5.41, 5.74) is 9.02. The molecular formula is C18H17N3O2S. The molecule has 2 aromatic rings. The van der Waals surface area contributed by atoms with Crippen LogP contribution in [-0.2, 0) is 16.9 Å². The molecular weight excluding hydrogens is 322 g/mol. The standard InChI is InChI=1S/C18H17N3O2S/c19-17-21-18(11-24-17)10-23-9-13-6-7-14(8-15(13)18)20-16(22)12-4-2-1-3-5-12/h1-8H,9-11H2,(H2,19,21)(H,20,22). The Balaban J connectivity index is 1.65. The van der Waals surface area contributed by atoms with Gasteiger partial charge in [-0.2, -0.15) is 0 Å². The summed E-state index contributed by atoms with van der Waals surface area (Å²) in [6.07, 6.45) is 0. The van der Waals surface area contributed by atoms with Gasteiger partial charge in [-0.15, -0.1) is 0 Å². The van der Waals surface area contributed by atoms with Crippen LogP contribution in [0.2, 0.25) is 0 Å². The van der Waals surface area contributed by atoms with Gasteiger partial charge in [-0.1, -0.05) is 36.0 Å². The number of aliphatic imine (C=N–C) groups is 1. The van der Waals surface area contributed by atoms with Crippen LogP contribution in [0, 0.1) is 0 Å². The number of nitrogens with zero attached hydrogens (tertiary/aromatic N) is 1. The van der Waals surface area contributed by atoms with E-state index in [1.807, 2.05) is 36.4 Å². The van der Waals surface area contributed by atoms with Crippen molar-refractivity contribution in [3.05, 3.63) is 65.2 Å². The fraction of sp³-hybridized carbons (Fsp3) is 0.222. The highest BCUT2D eigenvalue weighted by Gasteiger charge is 2.41. The zero-order valence-electron chi connectivity index (χ0n) is 13.0. The minimum Gasteiger partial charge on any atom is -0.379 e. The Kier molecular flexibility index (Phi) is 3.78. The minimum absolute atomic E-state index is 0.125. The quantitative estimate of drug-likeness (QED) is 0.882. The van der Waals surface area contributed by atoms with Crippen molar-refractivity contribution in [1.29, 1.82) is 0 Å². The van der Waals surface area contributed by atoms with Crippen molar-refractivity contribution >= 4 is 28.5 Å². The summed E-state index contributed by atoms with van der Waals surface area (Å²) in [6.45, 7) is 1.08. The number of benzene rings is 2. The highest BCUT2D eigenvalue weighted by molar-refractivity contribution is 8.14. The van der Waals surface area contributed by atoms with Gasteiger partial charge in [0.1, 0.15) is 5.54 Å². The van der Waals surface area contributed by atoms with Gasteiger partial charge < -0.3 is 15.8 Å². The van der Waals surface area contributed by atoms with Crippen molar-refractivity contribution in [3.8, 4) is 0 Å². The lowest BCUT2D eigenvalue weighted by atomic mass is 9.87. The largest absolute Gasteiger partial charge is 0.379 e. The topological polar surface area (TPSA) is 76.7 Å². The number of ether oxygens (including phenoxy) is 1. The number of nitrogens with two attached hydrogens (primary N) is 1. The maximum atomic E-state index is 12.4. The number of amidine groups is 1. The average molecular weight is 339 g/mol. The molecule has 5 nitrogen and oxygen atoms in total. The number of hydrogen-bond donors (Lipinski definition) is 2. The predicted octanol–water partition coefficient (Wildman–Crippen LogP) is 2.73.